The Morgan fingerprint density at radius 2 is 1.89 bits per heavy atom. The van der Waals surface area contributed by atoms with Crippen molar-refractivity contribution in [2.24, 2.45) is 0 Å². The van der Waals surface area contributed by atoms with Crippen molar-refractivity contribution in [1.29, 1.82) is 0 Å². The van der Waals surface area contributed by atoms with Crippen LogP contribution in [0.1, 0.15) is 16.1 Å². The summed E-state index contributed by atoms with van der Waals surface area (Å²) in [5.74, 6) is -1.93. The van der Waals surface area contributed by atoms with Gasteiger partial charge in [-0.1, -0.05) is 35.5 Å². The molecule has 28 heavy (non-hydrogen) atoms. The van der Waals surface area contributed by atoms with Crippen molar-refractivity contribution in [2.75, 3.05) is 7.05 Å². The fraction of sp³-hybridized carbons (Fsp3) is 0.0909. The second-order valence-corrected chi connectivity index (χ2v) is 6.52. The summed E-state index contributed by atoms with van der Waals surface area (Å²) in [6.45, 7) is 0.336. The van der Waals surface area contributed by atoms with Crippen LogP contribution in [0.5, 0.6) is 0 Å². The Balaban J connectivity index is 1.68. The van der Waals surface area contributed by atoms with Gasteiger partial charge in [-0.3, -0.25) is 4.79 Å². The Morgan fingerprint density at radius 1 is 1.04 bits per heavy atom. The van der Waals surface area contributed by atoms with Gasteiger partial charge >= 0.3 is 0 Å². The van der Waals surface area contributed by atoms with E-state index in [1.54, 1.807) is 30.1 Å². The molecule has 0 fully saturated rings. The number of hydrogen-bond donors (Lipinski definition) is 0. The first-order chi connectivity index (χ1) is 13.5. The first-order valence-electron chi connectivity index (χ1n) is 8.66. The van der Waals surface area contributed by atoms with E-state index in [9.17, 15) is 13.6 Å². The number of fused-ring (bicyclic) bond motifs is 1. The highest BCUT2D eigenvalue weighted by Crippen LogP contribution is 2.30. The zero-order valence-electron chi connectivity index (χ0n) is 15.0. The number of benzene rings is 3. The second-order valence-electron chi connectivity index (χ2n) is 6.52. The van der Waals surface area contributed by atoms with Gasteiger partial charge in [0.05, 0.1) is 6.54 Å². The van der Waals surface area contributed by atoms with Gasteiger partial charge in [-0.15, -0.1) is 0 Å². The first-order valence-corrected chi connectivity index (χ1v) is 8.66. The zero-order chi connectivity index (χ0) is 19.7. The molecular formula is C22H16F2N2O2. The summed E-state index contributed by atoms with van der Waals surface area (Å²) >= 11 is 0. The van der Waals surface area contributed by atoms with E-state index < -0.39 is 11.6 Å². The number of halogens is 2. The Kier molecular flexibility index (Phi) is 4.61. The SMILES string of the molecule is CN(Cc1ccon1)C(=O)c1ccc2c(-c3ccc(F)c(F)c3)cccc2c1. The molecule has 0 radical (unpaired) electrons. The van der Waals surface area contributed by atoms with Crippen LogP contribution < -0.4 is 0 Å². The maximum absolute atomic E-state index is 13.6. The third kappa shape index (κ3) is 3.36. The number of hydrogen-bond acceptors (Lipinski definition) is 3. The molecule has 0 aliphatic rings. The lowest BCUT2D eigenvalue weighted by molar-refractivity contribution is 0.0782. The number of nitrogens with zero attached hydrogens (tertiary/aromatic N) is 2. The lowest BCUT2D eigenvalue weighted by Crippen LogP contribution is -2.26. The Morgan fingerprint density at radius 3 is 2.64 bits per heavy atom. The van der Waals surface area contributed by atoms with E-state index >= 15 is 0 Å². The molecule has 1 amide bonds. The van der Waals surface area contributed by atoms with E-state index in [4.69, 9.17) is 4.52 Å². The van der Waals surface area contributed by atoms with Gasteiger partial charge in [-0.05, 0) is 46.2 Å². The van der Waals surface area contributed by atoms with Crippen molar-refractivity contribution in [2.45, 2.75) is 6.54 Å². The molecular weight excluding hydrogens is 362 g/mol. The van der Waals surface area contributed by atoms with Crippen molar-refractivity contribution in [3.8, 4) is 11.1 Å². The predicted molar refractivity (Wildman–Crippen MR) is 102 cm³/mol. The van der Waals surface area contributed by atoms with Crippen LogP contribution >= 0.6 is 0 Å². The lowest BCUT2D eigenvalue weighted by atomic mass is 9.96. The van der Waals surface area contributed by atoms with Crippen molar-refractivity contribution >= 4 is 16.7 Å². The van der Waals surface area contributed by atoms with Gasteiger partial charge in [0.25, 0.3) is 5.91 Å². The van der Waals surface area contributed by atoms with Crippen LogP contribution in [0.4, 0.5) is 8.78 Å². The molecule has 0 saturated heterocycles. The quantitative estimate of drug-likeness (QED) is 0.499. The number of amides is 1. The topological polar surface area (TPSA) is 46.3 Å². The average molecular weight is 378 g/mol. The summed E-state index contributed by atoms with van der Waals surface area (Å²) in [6.07, 6.45) is 1.46. The van der Waals surface area contributed by atoms with E-state index in [2.05, 4.69) is 5.16 Å². The fourth-order valence-electron chi connectivity index (χ4n) is 3.19. The highest BCUT2D eigenvalue weighted by molar-refractivity contribution is 6.02. The molecule has 0 atom stereocenters. The minimum absolute atomic E-state index is 0.150. The largest absolute Gasteiger partial charge is 0.364 e. The first kappa shape index (κ1) is 17.9. The van der Waals surface area contributed by atoms with Crippen molar-refractivity contribution < 1.29 is 18.1 Å². The van der Waals surface area contributed by atoms with E-state index in [0.717, 1.165) is 22.4 Å². The number of rotatable bonds is 4. The molecule has 0 aliphatic carbocycles. The van der Waals surface area contributed by atoms with E-state index in [-0.39, 0.29) is 5.91 Å². The smallest absolute Gasteiger partial charge is 0.253 e. The van der Waals surface area contributed by atoms with Crippen LogP contribution in [0.2, 0.25) is 0 Å². The normalized spacial score (nSPS) is 11.0. The third-order valence-electron chi connectivity index (χ3n) is 4.60. The maximum Gasteiger partial charge on any atom is 0.253 e. The van der Waals surface area contributed by atoms with Gasteiger partial charge in [-0.2, -0.15) is 0 Å². The molecule has 1 heterocycles. The molecule has 4 nitrogen and oxygen atoms in total. The minimum atomic E-state index is -0.893. The number of carbonyl (C=O) groups is 1. The molecule has 0 unspecified atom stereocenters. The van der Waals surface area contributed by atoms with Crippen LogP contribution in [-0.2, 0) is 6.54 Å². The van der Waals surface area contributed by atoms with Gasteiger partial charge < -0.3 is 9.42 Å². The highest BCUT2D eigenvalue weighted by Gasteiger charge is 2.15. The average Bonchev–Trinajstić information content (AvgIpc) is 3.21. The molecule has 0 N–H and O–H groups in total. The summed E-state index contributed by atoms with van der Waals surface area (Å²) in [4.78, 5) is 14.3. The van der Waals surface area contributed by atoms with Crippen LogP contribution in [0.15, 0.2) is 71.4 Å². The molecule has 0 saturated carbocycles. The monoisotopic (exact) mass is 378 g/mol. The highest BCUT2D eigenvalue weighted by atomic mass is 19.2. The van der Waals surface area contributed by atoms with Crippen LogP contribution in [0, 0.1) is 11.6 Å². The molecule has 6 heteroatoms. The molecule has 0 bridgehead atoms. The summed E-state index contributed by atoms with van der Waals surface area (Å²) in [5.41, 5.74) is 2.54. The third-order valence-corrected chi connectivity index (χ3v) is 4.60. The summed E-state index contributed by atoms with van der Waals surface area (Å²) in [5, 5.41) is 5.50. The van der Waals surface area contributed by atoms with Gasteiger partial charge in [0.2, 0.25) is 0 Å². The Bertz CT molecular complexity index is 1160. The van der Waals surface area contributed by atoms with Crippen molar-refractivity contribution in [3.05, 3.63) is 89.8 Å². The maximum atomic E-state index is 13.6. The van der Waals surface area contributed by atoms with Gasteiger partial charge in [-0.25, -0.2) is 8.78 Å². The van der Waals surface area contributed by atoms with Gasteiger partial charge in [0, 0.05) is 18.7 Å². The lowest BCUT2D eigenvalue weighted by Gasteiger charge is -2.16. The standard InChI is InChI=1S/C22H16F2N2O2/c1-26(13-17-9-10-28-25-17)22(27)16-5-7-19-14(11-16)3-2-4-18(19)15-6-8-20(23)21(24)12-15/h2-12H,13H2,1H3. The molecule has 4 rings (SSSR count). The molecule has 0 aliphatic heterocycles. The van der Waals surface area contributed by atoms with Crippen molar-refractivity contribution in [1.82, 2.24) is 10.1 Å². The van der Waals surface area contributed by atoms with E-state index in [1.807, 2.05) is 24.3 Å². The summed E-state index contributed by atoms with van der Waals surface area (Å²) in [7, 11) is 1.69. The van der Waals surface area contributed by atoms with E-state index in [1.165, 1.54) is 18.4 Å². The van der Waals surface area contributed by atoms with Gasteiger partial charge in [0.15, 0.2) is 11.6 Å². The van der Waals surface area contributed by atoms with Gasteiger partial charge in [0.1, 0.15) is 12.0 Å². The fourth-order valence-corrected chi connectivity index (χ4v) is 3.19. The van der Waals surface area contributed by atoms with Crippen LogP contribution in [0.3, 0.4) is 0 Å². The molecule has 3 aromatic carbocycles. The molecule has 140 valence electrons. The van der Waals surface area contributed by atoms with Crippen LogP contribution in [-0.4, -0.2) is 23.0 Å². The Labute approximate surface area is 160 Å². The second kappa shape index (κ2) is 7.23. The Hall–Kier alpha value is -3.54. The van der Waals surface area contributed by atoms with Crippen LogP contribution in [0.25, 0.3) is 21.9 Å². The molecule has 0 spiro atoms. The summed E-state index contributed by atoms with van der Waals surface area (Å²) in [6, 6.07) is 16.4. The predicted octanol–water partition coefficient (Wildman–Crippen LogP) is 5.05. The van der Waals surface area contributed by atoms with E-state index in [0.29, 0.717) is 23.4 Å². The molecule has 4 aromatic rings. The molecule has 1 aromatic heterocycles. The number of aromatic nitrogens is 1. The summed E-state index contributed by atoms with van der Waals surface area (Å²) < 4.78 is 31.7. The minimum Gasteiger partial charge on any atom is -0.364 e. The number of carbonyl (C=O) groups excluding carboxylic acids is 1. The van der Waals surface area contributed by atoms with Crippen molar-refractivity contribution in [3.63, 3.8) is 0 Å². The zero-order valence-corrected chi connectivity index (χ0v) is 15.0.